The molecule has 1 amide bonds. The highest BCUT2D eigenvalue weighted by molar-refractivity contribution is 7.92. The average molecular weight is 376 g/mol. The second-order valence-corrected chi connectivity index (χ2v) is 8.05. The summed E-state index contributed by atoms with van der Waals surface area (Å²) in [6, 6.07) is 11.3. The van der Waals surface area contributed by atoms with E-state index in [0.717, 1.165) is 21.7 Å². The van der Waals surface area contributed by atoms with Crippen molar-refractivity contribution in [1.82, 2.24) is 0 Å². The summed E-state index contributed by atoms with van der Waals surface area (Å²) in [5.41, 5.74) is 2.94. The minimum Gasteiger partial charge on any atom is -0.497 e. The van der Waals surface area contributed by atoms with E-state index < -0.39 is 22.0 Å². The molecule has 26 heavy (non-hydrogen) atoms. The summed E-state index contributed by atoms with van der Waals surface area (Å²) in [5.74, 6) is 0.207. The van der Waals surface area contributed by atoms with Crippen LogP contribution >= 0.6 is 0 Å². The number of hydrogen-bond donors (Lipinski definition) is 1. The first kappa shape index (κ1) is 19.8. The molecule has 0 heterocycles. The topological polar surface area (TPSA) is 75.7 Å². The number of carbonyl (C=O) groups is 1. The molecule has 6 nitrogen and oxygen atoms in total. The predicted octanol–water partition coefficient (Wildman–Crippen LogP) is 3.11. The van der Waals surface area contributed by atoms with E-state index in [1.807, 2.05) is 32.0 Å². The van der Waals surface area contributed by atoms with E-state index in [-0.39, 0.29) is 0 Å². The van der Waals surface area contributed by atoms with E-state index in [1.165, 1.54) is 7.11 Å². The molecule has 1 atom stereocenters. The number of aryl methyl sites for hydroxylation is 2. The molecule has 140 valence electrons. The molecule has 0 fully saturated rings. The Labute approximate surface area is 154 Å². The van der Waals surface area contributed by atoms with Gasteiger partial charge in [-0.25, -0.2) is 8.42 Å². The molecule has 0 bridgehead atoms. The number of nitrogens with zero attached hydrogens (tertiary/aromatic N) is 1. The summed E-state index contributed by atoms with van der Waals surface area (Å²) >= 11 is 0. The Morgan fingerprint density at radius 3 is 2.08 bits per heavy atom. The molecule has 0 aromatic heterocycles. The largest absolute Gasteiger partial charge is 0.497 e. The van der Waals surface area contributed by atoms with Crippen LogP contribution in [0.25, 0.3) is 0 Å². The molecule has 2 aromatic rings. The lowest BCUT2D eigenvalue weighted by Crippen LogP contribution is -2.45. The fourth-order valence-electron chi connectivity index (χ4n) is 2.78. The maximum atomic E-state index is 12.8. The van der Waals surface area contributed by atoms with Gasteiger partial charge in [0.2, 0.25) is 15.9 Å². The van der Waals surface area contributed by atoms with Crippen molar-refractivity contribution in [2.24, 2.45) is 0 Å². The minimum absolute atomic E-state index is 0.399. The average Bonchev–Trinajstić information content (AvgIpc) is 2.57. The van der Waals surface area contributed by atoms with Gasteiger partial charge >= 0.3 is 0 Å². The van der Waals surface area contributed by atoms with E-state index in [9.17, 15) is 13.2 Å². The predicted molar refractivity (Wildman–Crippen MR) is 104 cm³/mol. The van der Waals surface area contributed by atoms with Crippen LogP contribution in [0.2, 0.25) is 0 Å². The quantitative estimate of drug-likeness (QED) is 0.840. The number of carbonyl (C=O) groups excluding carboxylic acids is 1. The summed E-state index contributed by atoms with van der Waals surface area (Å²) in [7, 11) is -2.13. The molecule has 0 saturated heterocycles. The molecule has 0 spiro atoms. The van der Waals surface area contributed by atoms with Crippen molar-refractivity contribution >= 4 is 27.3 Å². The fraction of sp³-hybridized carbons (Fsp3) is 0.316. The van der Waals surface area contributed by atoms with Gasteiger partial charge in [0.25, 0.3) is 0 Å². The van der Waals surface area contributed by atoms with Crippen molar-refractivity contribution in [1.29, 1.82) is 0 Å². The zero-order valence-corrected chi connectivity index (χ0v) is 16.4. The molecule has 0 aliphatic rings. The third-order valence-corrected chi connectivity index (χ3v) is 5.39. The number of sulfonamides is 1. The Kier molecular flexibility index (Phi) is 5.92. The number of nitrogens with one attached hydrogen (secondary N) is 1. The maximum absolute atomic E-state index is 12.8. The van der Waals surface area contributed by atoms with Crippen LogP contribution in [0.5, 0.6) is 5.75 Å². The third kappa shape index (κ3) is 4.35. The second kappa shape index (κ2) is 7.78. The van der Waals surface area contributed by atoms with Crippen molar-refractivity contribution in [2.45, 2.75) is 26.8 Å². The molecule has 0 radical (unpaired) electrons. The van der Waals surface area contributed by atoms with E-state index in [1.54, 1.807) is 31.2 Å². The molecule has 0 aliphatic heterocycles. The van der Waals surface area contributed by atoms with Crippen molar-refractivity contribution in [3.8, 4) is 5.75 Å². The molecule has 0 unspecified atom stereocenters. The number of para-hydroxylation sites is 1. The molecule has 2 rings (SSSR count). The Balaban J connectivity index is 2.34. The normalized spacial score (nSPS) is 12.3. The van der Waals surface area contributed by atoms with Crippen LogP contribution in [-0.2, 0) is 14.8 Å². The molecule has 2 aromatic carbocycles. The van der Waals surface area contributed by atoms with Gasteiger partial charge in [0.1, 0.15) is 11.8 Å². The highest BCUT2D eigenvalue weighted by Crippen LogP contribution is 2.25. The van der Waals surface area contributed by atoms with Crippen molar-refractivity contribution < 1.29 is 17.9 Å². The Morgan fingerprint density at radius 2 is 1.62 bits per heavy atom. The highest BCUT2D eigenvalue weighted by Gasteiger charge is 2.29. The van der Waals surface area contributed by atoms with Gasteiger partial charge < -0.3 is 10.1 Å². The van der Waals surface area contributed by atoms with Crippen LogP contribution in [0, 0.1) is 13.8 Å². The summed E-state index contributed by atoms with van der Waals surface area (Å²) in [6.45, 7) is 5.35. The Bertz CT molecular complexity index is 872. The summed E-state index contributed by atoms with van der Waals surface area (Å²) < 4.78 is 30.9. The monoisotopic (exact) mass is 376 g/mol. The molecule has 0 aliphatic carbocycles. The van der Waals surface area contributed by atoms with E-state index >= 15 is 0 Å². The lowest BCUT2D eigenvalue weighted by Gasteiger charge is -2.28. The smallest absolute Gasteiger partial charge is 0.248 e. The second-order valence-electron chi connectivity index (χ2n) is 6.19. The lowest BCUT2D eigenvalue weighted by atomic mass is 10.1. The Hall–Kier alpha value is -2.54. The van der Waals surface area contributed by atoms with Gasteiger partial charge in [-0.2, -0.15) is 0 Å². The first-order valence-corrected chi connectivity index (χ1v) is 10.0. The van der Waals surface area contributed by atoms with Gasteiger partial charge in [-0.1, -0.05) is 18.2 Å². The van der Waals surface area contributed by atoms with Crippen molar-refractivity contribution in [3.63, 3.8) is 0 Å². The minimum atomic E-state index is -3.66. The SMILES string of the molecule is COc1ccc(N([C@@H](C)C(=O)Nc2c(C)cccc2C)S(C)(=O)=O)cc1. The summed E-state index contributed by atoms with van der Waals surface area (Å²) in [6.07, 6.45) is 1.08. The van der Waals surface area contributed by atoms with E-state index in [2.05, 4.69) is 5.32 Å². The molecule has 0 saturated carbocycles. The first-order chi connectivity index (χ1) is 12.1. The number of ether oxygens (including phenoxy) is 1. The zero-order valence-electron chi connectivity index (χ0n) is 15.6. The number of rotatable bonds is 6. The van der Waals surface area contributed by atoms with Crippen LogP contribution in [0.3, 0.4) is 0 Å². The fourth-order valence-corrected chi connectivity index (χ4v) is 3.95. The van der Waals surface area contributed by atoms with Crippen molar-refractivity contribution in [2.75, 3.05) is 23.0 Å². The van der Waals surface area contributed by atoms with Crippen LogP contribution < -0.4 is 14.4 Å². The van der Waals surface area contributed by atoms with Gasteiger partial charge in [0, 0.05) is 5.69 Å². The molecule has 1 N–H and O–H groups in total. The number of hydrogen-bond acceptors (Lipinski definition) is 4. The molecule has 7 heteroatoms. The number of anilines is 2. The van der Waals surface area contributed by atoms with Gasteiger partial charge in [0.05, 0.1) is 19.1 Å². The van der Waals surface area contributed by atoms with Crippen molar-refractivity contribution in [3.05, 3.63) is 53.6 Å². The van der Waals surface area contributed by atoms with E-state index in [0.29, 0.717) is 17.1 Å². The summed E-state index contributed by atoms with van der Waals surface area (Å²) in [5, 5.41) is 2.85. The maximum Gasteiger partial charge on any atom is 0.248 e. The summed E-state index contributed by atoms with van der Waals surface area (Å²) in [4.78, 5) is 12.8. The zero-order chi connectivity index (χ0) is 19.5. The van der Waals surface area contributed by atoms with Gasteiger partial charge in [-0.15, -0.1) is 0 Å². The van der Waals surface area contributed by atoms with Crippen LogP contribution in [0.15, 0.2) is 42.5 Å². The number of methoxy groups -OCH3 is 1. The standard InChI is InChI=1S/C19H24N2O4S/c1-13-7-6-8-14(2)18(13)20-19(22)15(3)21(26(5,23)24)16-9-11-17(25-4)12-10-16/h6-12,15H,1-5H3,(H,20,22)/t15-/m0/s1. The third-order valence-electron chi connectivity index (χ3n) is 4.14. The number of amides is 1. The van der Waals surface area contributed by atoms with Crippen LogP contribution in [0.1, 0.15) is 18.1 Å². The number of benzene rings is 2. The highest BCUT2D eigenvalue weighted by atomic mass is 32.2. The first-order valence-electron chi connectivity index (χ1n) is 8.15. The lowest BCUT2D eigenvalue weighted by molar-refractivity contribution is -0.116. The molecular formula is C19H24N2O4S. The van der Waals surface area contributed by atoms with Gasteiger partial charge in [-0.3, -0.25) is 9.10 Å². The van der Waals surface area contributed by atoms with Crippen LogP contribution in [0.4, 0.5) is 11.4 Å². The van der Waals surface area contributed by atoms with Gasteiger partial charge in [0.15, 0.2) is 0 Å². The van der Waals surface area contributed by atoms with Crippen LogP contribution in [-0.4, -0.2) is 33.7 Å². The molecular weight excluding hydrogens is 352 g/mol. The Morgan fingerprint density at radius 1 is 1.08 bits per heavy atom. The van der Waals surface area contributed by atoms with Gasteiger partial charge in [-0.05, 0) is 56.2 Å². The van der Waals surface area contributed by atoms with E-state index in [4.69, 9.17) is 4.74 Å².